The zero-order valence-electron chi connectivity index (χ0n) is 8.68. The van der Waals surface area contributed by atoms with E-state index >= 15 is 0 Å². The number of nitrogens with two attached hydrogens (primary N) is 1. The molecule has 0 spiro atoms. The minimum Gasteiger partial charge on any atom is -0.374 e. The number of rotatable bonds is 3. The van der Waals surface area contributed by atoms with Crippen molar-refractivity contribution in [2.75, 3.05) is 11.1 Å². The Labute approximate surface area is 107 Å². The van der Waals surface area contributed by atoms with Crippen molar-refractivity contribution in [3.8, 4) is 0 Å². The number of nitrogen functional groups attached to an aromatic ring is 1. The minimum atomic E-state index is -0.163. The summed E-state index contributed by atoms with van der Waals surface area (Å²) < 4.78 is 0. The molecular weight excluding hydrogens is 260 g/mol. The number of nitrogens with one attached hydrogen (secondary N) is 1. The summed E-state index contributed by atoms with van der Waals surface area (Å²) >= 11 is 6.88. The first kappa shape index (κ1) is 11.8. The summed E-state index contributed by atoms with van der Waals surface area (Å²) in [6.45, 7) is 0. The second-order valence-electron chi connectivity index (χ2n) is 3.30. The van der Waals surface area contributed by atoms with Gasteiger partial charge in [-0.05, 0) is 17.7 Å². The zero-order valence-corrected chi connectivity index (χ0v) is 10.3. The normalized spacial score (nSPS) is 10.2. The summed E-state index contributed by atoms with van der Waals surface area (Å²) in [5.41, 5.74) is 6.28. The van der Waals surface area contributed by atoms with Crippen LogP contribution in [0.4, 0.5) is 10.3 Å². The molecule has 0 radical (unpaired) electrons. The average molecular weight is 269 g/mol. The number of anilines is 2. The quantitative estimate of drug-likeness (QED) is 0.892. The second-order valence-corrected chi connectivity index (χ2v) is 4.74. The highest BCUT2D eigenvalue weighted by Gasteiger charge is 2.07. The lowest BCUT2D eigenvalue weighted by Gasteiger charge is -2.01. The summed E-state index contributed by atoms with van der Waals surface area (Å²) in [5.74, 6) is -0.163. The van der Waals surface area contributed by atoms with E-state index in [1.807, 2.05) is 0 Å². The molecule has 2 aromatic rings. The molecule has 7 heteroatoms. The molecule has 17 heavy (non-hydrogen) atoms. The number of aromatic nitrogens is 2. The van der Waals surface area contributed by atoms with E-state index in [-0.39, 0.29) is 12.3 Å². The molecule has 1 aromatic carbocycles. The lowest BCUT2D eigenvalue weighted by Crippen LogP contribution is -2.14. The van der Waals surface area contributed by atoms with Gasteiger partial charge >= 0.3 is 0 Å². The molecule has 0 aliphatic carbocycles. The van der Waals surface area contributed by atoms with E-state index in [1.54, 1.807) is 24.3 Å². The van der Waals surface area contributed by atoms with Gasteiger partial charge in [-0.3, -0.25) is 4.79 Å². The van der Waals surface area contributed by atoms with Crippen molar-refractivity contribution in [1.82, 2.24) is 10.2 Å². The van der Waals surface area contributed by atoms with Crippen LogP contribution in [0.25, 0.3) is 0 Å². The van der Waals surface area contributed by atoms with Gasteiger partial charge in [0, 0.05) is 5.02 Å². The van der Waals surface area contributed by atoms with Gasteiger partial charge in [0.1, 0.15) is 0 Å². The fourth-order valence-electron chi connectivity index (χ4n) is 1.24. The van der Waals surface area contributed by atoms with Crippen molar-refractivity contribution in [2.24, 2.45) is 0 Å². The summed E-state index contributed by atoms with van der Waals surface area (Å²) in [4.78, 5) is 11.6. The van der Waals surface area contributed by atoms with Crippen LogP contribution in [0.1, 0.15) is 5.56 Å². The van der Waals surface area contributed by atoms with Crippen molar-refractivity contribution in [1.29, 1.82) is 0 Å². The summed E-state index contributed by atoms with van der Waals surface area (Å²) in [6.07, 6.45) is 0.261. The van der Waals surface area contributed by atoms with Gasteiger partial charge in [0.15, 0.2) is 0 Å². The monoisotopic (exact) mass is 268 g/mol. The molecule has 0 fully saturated rings. The Bertz CT molecular complexity index is 525. The van der Waals surface area contributed by atoms with Crippen LogP contribution in [0.15, 0.2) is 24.3 Å². The predicted molar refractivity (Wildman–Crippen MR) is 68.1 cm³/mol. The van der Waals surface area contributed by atoms with E-state index in [4.69, 9.17) is 17.3 Å². The molecule has 0 aliphatic heterocycles. The van der Waals surface area contributed by atoms with Crippen LogP contribution in [-0.2, 0) is 11.2 Å². The van der Waals surface area contributed by atoms with Crippen LogP contribution in [0.5, 0.6) is 0 Å². The van der Waals surface area contributed by atoms with Crippen molar-refractivity contribution < 1.29 is 4.79 Å². The number of nitrogens with zero attached hydrogens (tertiary/aromatic N) is 2. The number of hydrogen-bond acceptors (Lipinski definition) is 5. The fraction of sp³-hybridized carbons (Fsp3) is 0.100. The molecule has 5 nitrogen and oxygen atoms in total. The molecule has 2 rings (SSSR count). The van der Waals surface area contributed by atoms with Crippen molar-refractivity contribution in [2.45, 2.75) is 6.42 Å². The van der Waals surface area contributed by atoms with Crippen molar-refractivity contribution in [3.63, 3.8) is 0 Å². The van der Waals surface area contributed by atoms with Gasteiger partial charge in [0.05, 0.1) is 6.42 Å². The van der Waals surface area contributed by atoms with E-state index < -0.39 is 0 Å². The first-order chi connectivity index (χ1) is 8.13. The Morgan fingerprint density at radius 2 is 2.06 bits per heavy atom. The van der Waals surface area contributed by atoms with Gasteiger partial charge in [-0.25, -0.2) is 0 Å². The third-order valence-corrected chi connectivity index (χ3v) is 2.88. The SMILES string of the molecule is Nc1nnc(NC(=O)Cc2ccc(Cl)cc2)s1. The van der Waals surface area contributed by atoms with E-state index in [9.17, 15) is 4.79 Å². The van der Waals surface area contributed by atoms with Crippen LogP contribution in [0.2, 0.25) is 5.02 Å². The molecular formula is C10H9ClN4OS. The lowest BCUT2D eigenvalue weighted by molar-refractivity contribution is -0.115. The summed E-state index contributed by atoms with van der Waals surface area (Å²) in [6, 6.07) is 7.09. The molecule has 1 aromatic heterocycles. The zero-order chi connectivity index (χ0) is 12.3. The standard InChI is InChI=1S/C10H9ClN4OS/c11-7-3-1-6(2-4-7)5-8(16)13-10-15-14-9(12)17-10/h1-4H,5H2,(H2,12,14)(H,13,15,16). The smallest absolute Gasteiger partial charge is 0.230 e. The van der Waals surface area contributed by atoms with E-state index in [0.717, 1.165) is 16.9 Å². The molecule has 0 saturated heterocycles. The van der Waals surface area contributed by atoms with Crippen LogP contribution in [-0.4, -0.2) is 16.1 Å². The lowest BCUT2D eigenvalue weighted by atomic mass is 10.1. The van der Waals surface area contributed by atoms with Crippen molar-refractivity contribution >= 4 is 39.1 Å². The van der Waals surface area contributed by atoms with Crippen LogP contribution in [0, 0.1) is 0 Å². The van der Waals surface area contributed by atoms with Crippen molar-refractivity contribution in [3.05, 3.63) is 34.9 Å². The highest BCUT2D eigenvalue weighted by Crippen LogP contribution is 2.17. The Hall–Kier alpha value is -1.66. The average Bonchev–Trinajstić information content (AvgIpc) is 2.67. The second kappa shape index (κ2) is 5.11. The predicted octanol–water partition coefficient (Wildman–Crippen LogP) is 1.95. The molecule has 0 bridgehead atoms. The molecule has 88 valence electrons. The first-order valence-corrected chi connectivity index (χ1v) is 5.96. The highest BCUT2D eigenvalue weighted by atomic mass is 35.5. The molecule has 1 heterocycles. The molecule has 0 atom stereocenters. The Balaban J connectivity index is 1.95. The maximum atomic E-state index is 11.6. The summed E-state index contributed by atoms with van der Waals surface area (Å²) in [7, 11) is 0. The van der Waals surface area contributed by atoms with Crippen LogP contribution in [0.3, 0.4) is 0 Å². The molecule has 0 unspecified atom stereocenters. The molecule has 0 aliphatic rings. The van der Waals surface area contributed by atoms with Crippen LogP contribution < -0.4 is 11.1 Å². The van der Waals surface area contributed by atoms with Gasteiger partial charge in [-0.15, -0.1) is 10.2 Å². The Kier molecular flexibility index (Phi) is 3.55. The molecule has 1 amide bonds. The topological polar surface area (TPSA) is 80.9 Å². The molecule has 0 saturated carbocycles. The maximum Gasteiger partial charge on any atom is 0.230 e. The fourth-order valence-corrected chi connectivity index (χ4v) is 1.89. The van der Waals surface area contributed by atoms with E-state index in [2.05, 4.69) is 15.5 Å². The number of halogens is 1. The highest BCUT2D eigenvalue weighted by molar-refractivity contribution is 7.18. The Morgan fingerprint density at radius 1 is 1.35 bits per heavy atom. The summed E-state index contributed by atoms with van der Waals surface area (Å²) in [5, 5.41) is 11.3. The van der Waals surface area contributed by atoms with Gasteiger partial charge in [0.25, 0.3) is 0 Å². The Morgan fingerprint density at radius 3 is 2.65 bits per heavy atom. The van der Waals surface area contributed by atoms with Gasteiger partial charge in [0.2, 0.25) is 16.2 Å². The number of amides is 1. The maximum absolute atomic E-state index is 11.6. The van der Waals surface area contributed by atoms with Gasteiger partial charge in [-0.2, -0.15) is 0 Å². The number of hydrogen-bond donors (Lipinski definition) is 2. The van der Waals surface area contributed by atoms with Gasteiger partial charge in [-0.1, -0.05) is 35.1 Å². The third kappa shape index (κ3) is 3.40. The molecule has 3 N–H and O–H groups in total. The van der Waals surface area contributed by atoms with Crippen LogP contribution >= 0.6 is 22.9 Å². The number of benzene rings is 1. The largest absolute Gasteiger partial charge is 0.374 e. The number of carbonyl (C=O) groups is 1. The van der Waals surface area contributed by atoms with E-state index in [0.29, 0.717) is 15.3 Å². The van der Waals surface area contributed by atoms with E-state index in [1.165, 1.54) is 0 Å². The number of carbonyl (C=O) groups excluding carboxylic acids is 1. The third-order valence-electron chi connectivity index (χ3n) is 1.96. The first-order valence-electron chi connectivity index (χ1n) is 4.77. The van der Waals surface area contributed by atoms with Gasteiger partial charge < -0.3 is 11.1 Å². The minimum absolute atomic E-state index is 0.163.